The van der Waals surface area contributed by atoms with Gasteiger partial charge in [-0.1, -0.05) is 6.42 Å². The van der Waals surface area contributed by atoms with Gasteiger partial charge in [0.05, 0.1) is 11.2 Å². The van der Waals surface area contributed by atoms with Gasteiger partial charge in [-0.05, 0) is 63.5 Å². The molecule has 5 heteroatoms. The lowest BCUT2D eigenvalue weighted by atomic mass is 9.69. The van der Waals surface area contributed by atoms with Gasteiger partial charge in [0.15, 0.2) is 0 Å². The van der Waals surface area contributed by atoms with E-state index in [2.05, 4.69) is 32.7 Å². The van der Waals surface area contributed by atoms with Crippen LogP contribution in [0.1, 0.15) is 58.4 Å². The van der Waals surface area contributed by atoms with Gasteiger partial charge < -0.3 is 15.0 Å². The first kappa shape index (κ1) is 13.9. The van der Waals surface area contributed by atoms with E-state index in [1.807, 2.05) is 12.3 Å². The molecular weight excluding hydrogens is 251 g/mol. The van der Waals surface area contributed by atoms with Gasteiger partial charge in [0.25, 0.3) is 0 Å². The summed E-state index contributed by atoms with van der Waals surface area (Å²) < 4.78 is 12.3. The first-order valence-corrected chi connectivity index (χ1v) is 7.41. The van der Waals surface area contributed by atoms with Crippen molar-refractivity contribution in [2.75, 3.05) is 5.73 Å². The van der Waals surface area contributed by atoms with Gasteiger partial charge in [-0.3, -0.25) is 0 Å². The van der Waals surface area contributed by atoms with E-state index in [0.29, 0.717) is 11.7 Å². The SMILES string of the molecule is CC1(C)OB(c2cc(N)ncc2C2CCC2)OC1(C)C. The Morgan fingerprint density at radius 1 is 1.20 bits per heavy atom. The second-order valence-corrected chi connectivity index (χ2v) is 6.95. The average molecular weight is 274 g/mol. The fourth-order valence-corrected chi connectivity index (χ4v) is 2.73. The van der Waals surface area contributed by atoms with Gasteiger partial charge in [-0.25, -0.2) is 4.98 Å². The van der Waals surface area contributed by atoms with Crippen LogP contribution in [0, 0.1) is 0 Å². The molecule has 0 radical (unpaired) electrons. The highest BCUT2D eigenvalue weighted by atomic mass is 16.7. The largest absolute Gasteiger partial charge is 0.495 e. The number of hydrogen-bond donors (Lipinski definition) is 1. The molecule has 1 aliphatic carbocycles. The molecule has 3 rings (SSSR count). The fraction of sp³-hybridized carbons (Fsp3) is 0.667. The van der Waals surface area contributed by atoms with Crippen LogP contribution in [0.3, 0.4) is 0 Å². The zero-order valence-corrected chi connectivity index (χ0v) is 12.8. The zero-order chi connectivity index (χ0) is 14.5. The van der Waals surface area contributed by atoms with E-state index in [1.165, 1.54) is 24.8 Å². The Bertz CT molecular complexity index is 511. The van der Waals surface area contributed by atoms with Crippen LogP contribution in [-0.4, -0.2) is 23.3 Å². The minimum Gasteiger partial charge on any atom is -0.399 e. The number of nitrogen functional groups attached to an aromatic ring is 1. The summed E-state index contributed by atoms with van der Waals surface area (Å²) >= 11 is 0. The van der Waals surface area contributed by atoms with Gasteiger partial charge in [-0.15, -0.1) is 0 Å². The van der Waals surface area contributed by atoms with Crippen molar-refractivity contribution in [2.24, 2.45) is 0 Å². The van der Waals surface area contributed by atoms with Crippen LogP contribution in [0.2, 0.25) is 0 Å². The summed E-state index contributed by atoms with van der Waals surface area (Å²) in [6.07, 6.45) is 5.63. The monoisotopic (exact) mass is 274 g/mol. The molecule has 0 spiro atoms. The predicted molar refractivity (Wildman–Crippen MR) is 81.0 cm³/mol. The van der Waals surface area contributed by atoms with E-state index in [-0.39, 0.29) is 18.3 Å². The normalized spacial score (nSPS) is 24.7. The Kier molecular flexibility index (Phi) is 3.10. The smallest absolute Gasteiger partial charge is 0.399 e. The number of pyridine rings is 1. The number of rotatable bonds is 2. The Labute approximate surface area is 121 Å². The van der Waals surface area contributed by atoms with E-state index in [4.69, 9.17) is 15.0 Å². The maximum absolute atomic E-state index is 6.16. The molecule has 2 N–H and O–H groups in total. The van der Waals surface area contributed by atoms with Crippen LogP contribution in [0.4, 0.5) is 5.82 Å². The maximum atomic E-state index is 6.16. The van der Waals surface area contributed by atoms with E-state index in [0.717, 1.165) is 5.46 Å². The van der Waals surface area contributed by atoms with E-state index >= 15 is 0 Å². The highest BCUT2D eigenvalue weighted by molar-refractivity contribution is 6.62. The molecule has 2 heterocycles. The average Bonchev–Trinajstić information content (AvgIpc) is 2.48. The van der Waals surface area contributed by atoms with Crippen LogP contribution < -0.4 is 11.2 Å². The summed E-state index contributed by atoms with van der Waals surface area (Å²) in [6, 6.07) is 1.91. The molecule has 2 aliphatic rings. The van der Waals surface area contributed by atoms with Crippen molar-refractivity contribution < 1.29 is 9.31 Å². The lowest BCUT2D eigenvalue weighted by molar-refractivity contribution is 0.00578. The number of hydrogen-bond acceptors (Lipinski definition) is 4. The molecule has 0 unspecified atom stereocenters. The molecule has 4 nitrogen and oxygen atoms in total. The molecule has 0 amide bonds. The molecule has 2 fully saturated rings. The van der Waals surface area contributed by atoms with Crippen molar-refractivity contribution in [3.8, 4) is 0 Å². The van der Waals surface area contributed by atoms with Crippen molar-refractivity contribution in [1.82, 2.24) is 4.98 Å². The third-order valence-corrected chi connectivity index (χ3v) is 5.04. The second-order valence-electron chi connectivity index (χ2n) is 6.95. The summed E-state index contributed by atoms with van der Waals surface area (Å²) in [5, 5.41) is 0. The van der Waals surface area contributed by atoms with Crippen molar-refractivity contribution >= 4 is 18.4 Å². The van der Waals surface area contributed by atoms with Gasteiger partial charge in [0.1, 0.15) is 5.82 Å². The molecule has 108 valence electrons. The van der Waals surface area contributed by atoms with Crippen LogP contribution in [-0.2, 0) is 9.31 Å². The lowest BCUT2D eigenvalue weighted by Gasteiger charge is -2.32. The molecule has 0 bridgehead atoms. The first-order valence-electron chi connectivity index (χ1n) is 7.41. The number of nitrogens with zero attached hydrogens (tertiary/aromatic N) is 1. The van der Waals surface area contributed by atoms with Gasteiger partial charge in [0.2, 0.25) is 0 Å². The number of nitrogens with two attached hydrogens (primary N) is 1. The molecule has 1 aromatic rings. The van der Waals surface area contributed by atoms with Crippen LogP contribution in [0.15, 0.2) is 12.3 Å². The van der Waals surface area contributed by atoms with Crippen LogP contribution in [0.25, 0.3) is 0 Å². The highest BCUT2D eigenvalue weighted by Crippen LogP contribution is 2.39. The minimum absolute atomic E-state index is 0.327. The summed E-state index contributed by atoms with van der Waals surface area (Å²) in [7, 11) is -0.346. The summed E-state index contributed by atoms with van der Waals surface area (Å²) in [5.41, 5.74) is 7.51. The Balaban J connectivity index is 1.96. The van der Waals surface area contributed by atoms with Crippen LogP contribution >= 0.6 is 0 Å². The lowest BCUT2D eigenvalue weighted by Crippen LogP contribution is -2.41. The Morgan fingerprint density at radius 3 is 2.30 bits per heavy atom. The quantitative estimate of drug-likeness (QED) is 0.840. The van der Waals surface area contributed by atoms with Crippen molar-refractivity contribution in [2.45, 2.75) is 64.1 Å². The van der Waals surface area contributed by atoms with Gasteiger partial charge >= 0.3 is 7.12 Å². The van der Waals surface area contributed by atoms with Crippen LogP contribution in [0.5, 0.6) is 0 Å². The molecule has 1 aliphatic heterocycles. The van der Waals surface area contributed by atoms with E-state index in [9.17, 15) is 0 Å². The standard InChI is InChI=1S/C15H23BN2O2/c1-14(2)15(3,4)20-16(19-14)12-8-13(17)18-9-11(12)10-6-5-7-10/h8-10H,5-7H2,1-4H3,(H2,17,18). The predicted octanol–water partition coefficient (Wildman–Crippen LogP) is 2.23. The minimum atomic E-state index is -0.346. The first-order chi connectivity index (χ1) is 9.30. The van der Waals surface area contributed by atoms with Gasteiger partial charge in [-0.2, -0.15) is 0 Å². The Hall–Kier alpha value is -1.07. The third kappa shape index (κ3) is 2.13. The molecular formula is C15H23BN2O2. The Morgan fingerprint density at radius 2 is 1.80 bits per heavy atom. The molecule has 1 saturated heterocycles. The maximum Gasteiger partial charge on any atom is 0.495 e. The summed E-state index contributed by atoms with van der Waals surface area (Å²) in [5.74, 6) is 1.11. The number of aromatic nitrogens is 1. The summed E-state index contributed by atoms with van der Waals surface area (Å²) in [4.78, 5) is 4.25. The summed E-state index contributed by atoms with van der Waals surface area (Å²) in [6.45, 7) is 8.28. The van der Waals surface area contributed by atoms with Crippen molar-refractivity contribution in [1.29, 1.82) is 0 Å². The fourth-order valence-electron chi connectivity index (χ4n) is 2.73. The van der Waals surface area contributed by atoms with Gasteiger partial charge in [0, 0.05) is 6.20 Å². The highest BCUT2D eigenvalue weighted by Gasteiger charge is 2.52. The van der Waals surface area contributed by atoms with Crippen molar-refractivity contribution in [3.05, 3.63) is 17.8 Å². The molecule has 0 atom stereocenters. The topological polar surface area (TPSA) is 57.4 Å². The molecule has 0 aromatic carbocycles. The zero-order valence-electron chi connectivity index (χ0n) is 12.8. The van der Waals surface area contributed by atoms with Crippen molar-refractivity contribution in [3.63, 3.8) is 0 Å². The number of anilines is 1. The molecule has 20 heavy (non-hydrogen) atoms. The van der Waals surface area contributed by atoms with E-state index < -0.39 is 0 Å². The molecule has 1 saturated carbocycles. The van der Waals surface area contributed by atoms with E-state index in [1.54, 1.807) is 0 Å². The second kappa shape index (κ2) is 4.47. The third-order valence-electron chi connectivity index (χ3n) is 5.04. The molecule has 1 aromatic heterocycles.